The topological polar surface area (TPSA) is 38.0 Å². The van der Waals surface area contributed by atoms with Gasteiger partial charge in [0.1, 0.15) is 0 Å². The molecule has 2 aromatic rings. The van der Waals surface area contributed by atoms with Crippen LogP contribution in [0.4, 0.5) is 0 Å². The van der Waals surface area contributed by atoms with Crippen molar-refractivity contribution in [3.05, 3.63) is 48.0 Å². The summed E-state index contributed by atoms with van der Waals surface area (Å²) in [6, 6.07) is 8.15. The van der Waals surface area contributed by atoms with Crippen molar-refractivity contribution in [2.24, 2.45) is 0 Å². The van der Waals surface area contributed by atoms with Crippen LogP contribution in [0.1, 0.15) is 11.3 Å². The van der Waals surface area contributed by atoms with Crippen molar-refractivity contribution in [2.75, 3.05) is 0 Å². The summed E-state index contributed by atoms with van der Waals surface area (Å²) in [5, 5.41) is 8.87. The first-order valence-electron chi connectivity index (χ1n) is 4.50. The molecule has 3 nitrogen and oxygen atoms in total. The Hall–Kier alpha value is -1.61. The predicted octanol–water partition coefficient (Wildman–Crippen LogP) is 1.67. The van der Waals surface area contributed by atoms with Crippen LogP contribution in [0.2, 0.25) is 0 Å². The van der Waals surface area contributed by atoms with Gasteiger partial charge in [0.2, 0.25) is 0 Å². The van der Waals surface area contributed by atoms with Gasteiger partial charge in [0.05, 0.1) is 18.6 Å². The van der Waals surface area contributed by atoms with Crippen molar-refractivity contribution < 1.29 is 5.11 Å². The van der Waals surface area contributed by atoms with Gasteiger partial charge in [0.15, 0.2) is 0 Å². The summed E-state index contributed by atoms with van der Waals surface area (Å²) < 4.78 is 1.89. The Morgan fingerprint density at radius 2 is 2.00 bits per heavy atom. The molecule has 1 heterocycles. The largest absolute Gasteiger partial charge is 0.390 e. The van der Waals surface area contributed by atoms with Crippen LogP contribution in [0.25, 0.3) is 5.69 Å². The lowest BCUT2D eigenvalue weighted by Crippen LogP contribution is -1.89. The van der Waals surface area contributed by atoms with Gasteiger partial charge in [-0.2, -0.15) is 0 Å². The Balaban J connectivity index is 2.34. The van der Waals surface area contributed by atoms with E-state index in [1.165, 1.54) is 5.56 Å². The molecule has 0 unspecified atom stereocenters. The average Bonchev–Trinajstić information content (AvgIpc) is 2.67. The molecule has 72 valence electrons. The Morgan fingerprint density at radius 1 is 1.29 bits per heavy atom. The second kappa shape index (κ2) is 3.64. The lowest BCUT2D eigenvalue weighted by Gasteiger charge is -2.01. The number of rotatable bonds is 2. The summed E-state index contributed by atoms with van der Waals surface area (Å²) >= 11 is 0. The highest BCUT2D eigenvalue weighted by atomic mass is 16.3. The number of hydrogen-bond acceptors (Lipinski definition) is 2. The molecule has 0 saturated heterocycles. The Morgan fingerprint density at radius 3 is 2.57 bits per heavy atom. The molecule has 2 rings (SSSR count). The van der Waals surface area contributed by atoms with Crippen LogP contribution in [0.3, 0.4) is 0 Å². The van der Waals surface area contributed by atoms with E-state index in [1.54, 1.807) is 6.33 Å². The standard InChI is InChI=1S/C11H12N2O/c1-9-2-4-11(5-3-9)13-6-10(7-14)12-8-13/h2-6,8,14H,7H2,1H3. The number of aliphatic hydroxyl groups is 1. The van der Waals surface area contributed by atoms with E-state index < -0.39 is 0 Å². The van der Waals surface area contributed by atoms with Crippen LogP contribution in [0.15, 0.2) is 36.8 Å². The van der Waals surface area contributed by atoms with Gasteiger partial charge < -0.3 is 9.67 Å². The molecule has 1 aromatic heterocycles. The van der Waals surface area contributed by atoms with Crippen LogP contribution in [-0.2, 0) is 6.61 Å². The van der Waals surface area contributed by atoms with Crippen LogP contribution in [0.5, 0.6) is 0 Å². The summed E-state index contributed by atoms with van der Waals surface area (Å²) in [5.41, 5.74) is 2.98. The first kappa shape index (κ1) is 8.97. The molecule has 0 aliphatic rings. The van der Waals surface area contributed by atoms with Crippen molar-refractivity contribution in [1.82, 2.24) is 9.55 Å². The molecule has 0 radical (unpaired) electrons. The van der Waals surface area contributed by atoms with Gasteiger partial charge >= 0.3 is 0 Å². The molecule has 0 fully saturated rings. The Bertz CT molecular complexity index is 417. The zero-order chi connectivity index (χ0) is 9.97. The lowest BCUT2D eigenvalue weighted by atomic mass is 10.2. The van der Waals surface area contributed by atoms with Crippen LogP contribution in [-0.4, -0.2) is 14.7 Å². The first-order valence-corrected chi connectivity index (χ1v) is 4.50. The molecular formula is C11H12N2O. The molecule has 0 amide bonds. The quantitative estimate of drug-likeness (QED) is 0.778. The summed E-state index contributed by atoms with van der Waals surface area (Å²) in [7, 11) is 0. The van der Waals surface area contributed by atoms with Crippen molar-refractivity contribution in [1.29, 1.82) is 0 Å². The molecular weight excluding hydrogens is 176 g/mol. The zero-order valence-corrected chi connectivity index (χ0v) is 8.01. The van der Waals surface area contributed by atoms with Gasteiger partial charge in [-0.25, -0.2) is 4.98 Å². The fourth-order valence-electron chi connectivity index (χ4n) is 1.30. The molecule has 0 aliphatic carbocycles. The maximum Gasteiger partial charge on any atom is 0.0996 e. The van der Waals surface area contributed by atoms with Gasteiger partial charge in [-0.05, 0) is 19.1 Å². The minimum absolute atomic E-state index is 0.0150. The minimum Gasteiger partial charge on any atom is -0.390 e. The number of benzene rings is 1. The smallest absolute Gasteiger partial charge is 0.0996 e. The van der Waals surface area contributed by atoms with E-state index in [-0.39, 0.29) is 6.61 Å². The second-order valence-corrected chi connectivity index (χ2v) is 3.27. The molecule has 0 aliphatic heterocycles. The molecule has 1 aromatic carbocycles. The molecule has 0 spiro atoms. The van der Waals surface area contributed by atoms with Crippen LogP contribution < -0.4 is 0 Å². The van der Waals surface area contributed by atoms with E-state index >= 15 is 0 Å². The number of aliphatic hydroxyl groups excluding tert-OH is 1. The molecule has 3 heteroatoms. The third-order valence-electron chi connectivity index (χ3n) is 2.13. The van der Waals surface area contributed by atoms with Gasteiger partial charge in [-0.3, -0.25) is 0 Å². The molecule has 0 bridgehead atoms. The van der Waals surface area contributed by atoms with E-state index in [9.17, 15) is 0 Å². The van der Waals surface area contributed by atoms with Crippen molar-refractivity contribution >= 4 is 0 Å². The van der Waals surface area contributed by atoms with Gasteiger partial charge in [0, 0.05) is 11.9 Å². The van der Waals surface area contributed by atoms with E-state index in [2.05, 4.69) is 11.9 Å². The SMILES string of the molecule is Cc1ccc(-n2cnc(CO)c2)cc1. The lowest BCUT2D eigenvalue weighted by molar-refractivity contribution is 0.277. The van der Waals surface area contributed by atoms with E-state index in [0.29, 0.717) is 5.69 Å². The number of imidazole rings is 1. The Labute approximate surface area is 82.7 Å². The third-order valence-corrected chi connectivity index (χ3v) is 2.13. The summed E-state index contributed by atoms with van der Waals surface area (Å²) in [5.74, 6) is 0. The Kier molecular flexibility index (Phi) is 2.33. The van der Waals surface area contributed by atoms with Crippen molar-refractivity contribution in [3.8, 4) is 5.69 Å². The average molecular weight is 188 g/mol. The fourth-order valence-corrected chi connectivity index (χ4v) is 1.30. The van der Waals surface area contributed by atoms with E-state index in [4.69, 9.17) is 5.11 Å². The second-order valence-electron chi connectivity index (χ2n) is 3.27. The number of nitrogens with zero attached hydrogens (tertiary/aromatic N) is 2. The summed E-state index contributed by atoms with van der Waals surface area (Å²) in [4.78, 5) is 4.05. The third kappa shape index (κ3) is 1.67. The normalized spacial score (nSPS) is 10.4. The van der Waals surface area contributed by atoms with Gasteiger partial charge in [-0.15, -0.1) is 0 Å². The van der Waals surface area contributed by atoms with Crippen molar-refractivity contribution in [2.45, 2.75) is 13.5 Å². The zero-order valence-electron chi connectivity index (χ0n) is 8.01. The molecule has 0 atom stereocenters. The monoisotopic (exact) mass is 188 g/mol. The van der Waals surface area contributed by atoms with E-state index in [1.807, 2.05) is 35.0 Å². The van der Waals surface area contributed by atoms with Crippen LogP contribution >= 0.6 is 0 Å². The highest BCUT2D eigenvalue weighted by Crippen LogP contribution is 2.09. The van der Waals surface area contributed by atoms with Gasteiger partial charge in [0.25, 0.3) is 0 Å². The maximum absolute atomic E-state index is 8.87. The highest BCUT2D eigenvalue weighted by Gasteiger charge is 1.98. The molecule has 14 heavy (non-hydrogen) atoms. The number of hydrogen-bond donors (Lipinski definition) is 1. The van der Waals surface area contributed by atoms with E-state index in [0.717, 1.165) is 5.69 Å². The first-order chi connectivity index (χ1) is 6.79. The summed E-state index contributed by atoms with van der Waals surface area (Å²) in [6.07, 6.45) is 3.53. The number of aromatic nitrogens is 2. The maximum atomic E-state index is 8.87. The predicted molar refractivity (Wildman–Crippen MR) is 54.2 cm³/mol. The minimum atomic E-state index is -0.0150. The molecule has 1 N–H and O–H groups in total. The molecule has 0 saturated carbocycles. The van der Waals surface area contributed by atoms with Gasteiger partial charge in [-0.1, -0.05) is 17.7 Å². The number of aryl methyl sites for hydroxylation is 1. The highest BCUT2D eigenvalue weighted by molar-refractivity contribution is 5.34. The summed E-state index contributed by atoms with van der Waals surface area (Å²) in [6.45, 7) is 2.04. The van der Waals surface area contributed by atoms with Crippen molar-refractivity contribution in [3.63, 3.8) is 0 Å². The van der Waals surface area contributed by atoms with Crippen LogP contribution in [0, 0.1) is 6.92 Å². The fraction of sp³-hybridized carbons (Fsp3) is 0.182.